The molecule has 2 rings (SSSR count). The second kappa shape index (κ2) is 10.6. The van der Waals surface area contributed by atoms with E-state index < -0.39 is 0 Å². The van der Waals surface area contributed by atoms with Crippen LogP contribution in [-0.4, -0.2) is 36.6 Å². The van der Waals surface area contributed by atoms with Crippen molar-refractivity contribution in [2.75, 3.05) is 19.6 Å². The van der Waals surface area contributed by atoms with Crippen molar-refractivity contribution in [2.45, 2.75) is 102 Å². The molecule has 2 aliphatic rings. The molecule has 2 fully saturated rings. The summed E-state index contributed by atoms with van der Waals surface area (Å²) in [6.45, 7) is 6.23. The lowest BCUT2D eigenvalue weighted by atomic mass is 10.0. The van der Waals surface area contributed by atoms with Gasteiger partial charge in [0, 0.05) is 18.6 Å². The number of hydrogen-bond acceptors (Lipinski definition) is 2. The quantitative estimate of drug-likeness (QED) is 0.523. The molecule has 2 nitrogen and oxygen atoms in total. The molecule has 1 saturated carbocycles. The molecule has 1 atom stereocenters. The van der Waals surface area contributed by atoms with Gasteiger partial charge in [0.2, 0.25) is 0 Å². The van der Waals surface area contributed by atoms with Gasteiger partial charge in [-0.25, -0.2) is 0 Å². The van der Waals surface area contributed by atoms with Gasteiger partial charge in [0.25, 0.3) is 0 Å². The summed E-state index contributed by atoms with van der Waals surface area (Å²) < 4.78 is 0. The van der Waals surface area contributed by atoms with Gasteiger partial charge in [-0.15, -0.1) is 0 Å². The molecular weight excluding hydrogens is 256 g/mol. The maximum Gasteiger partial charge on any atom is 0.0195 e. The molecule has 0 aromatic rings. The topological polar surface area (TPSA) is 15.3 Å². The van der Waals surface area contributed by atoms with E-state index >= 15 is 0 Å². The Labute approximate surface area is 133 Å². The summed E-state index contributed by atoms with van der Waals surface area (Å²) in [4.78, 5) is 2.81. The first-order valence-corrected chi connectivity index (χ1v) is 9.87. The van der Waals surface area contributed by atoms with Crippen molar-refractivity contribution >= 4 is 0 Å². The fourth-order valence-electron chi connectivity index (χ4n) is 3.67. The Morgan fingerprint density at radius 1 is 0.857 bits per heavy atom. The summed E-state index contributed by atoms with van der Waals surface area (Å²) in [7, 11) is 0. The molecule has 1 heterocycles. The second-order valence-electron chi connectivity index (χ2n) is 7.35. The molecule has 0 amide bonds. The molecular formula is C19H38N2. The van der Waals surface area contributed by atoms with Crippen LogP contribution < -0.4 is 5.32 Å². The van der Waals surface area contributed by atoms with Gasteiger partial charge in [-0.05, 0) is 45.2 Å². The molecule has 0 spiro atoms. The highest BCUT2D eigenvalue weighted by Gasteiger charge is 2.30. The highest BCUT2D eigenvalue weighted by Crippen LogP contribution is 2.28. The Bertz CT molecular complexity index is 244. The van der Waals surface area contributed by atoms with Crippen molar-refractivity contribution in [3.05, 3.63) is 0 Å². The van der Waals surface area contributed by atoms with E-state index in [1.165, 1.54) is 103 Å². The summed E-state index contributed by atoms with van der Waals surface area (Å²) in [5.74, 6) is 0. The van der Waals surface area contributed by atoms with Crippen LogP contribution in [0.15, 0.2) is 0 Å². The van der Waals surface area contributed by atoms with Crippen LogP contribution >= 0.6 is 0 Å². The molecule has 1 saturated heterocycles. The van der Waals surface area contributed by atoms with Crippen LogP contribution in [0, 0.1) is 0 Å². The van der Waals surface area contributed by atoms with E-state index in [0.717, 1.165) is 12.1 Å². The Hall–Kier alpha value is -0.0800. The molecule has 1 aliphatic carbocycles. The van der Waals surface area contributed by atoms with E-state index in [-0.39, 0.29) is 0 Å². The monoisotopic (exact) mass is 294 g/mol. The standard InChI is InChI=1S/C19H38N2/c1-2-3-4-5-6-7-8-11-16-21(19-13-14-19)17-18-12-9-10-15-20-18/h18-20H,2-17H2,1H3. The molecule has 0 aromatic carbocycles. The first-order valence-electron chi connectivity index (χ1n) is 9.87. The van der Waals surface area contributed by atoms with Crippen LogP contribution in [0.2, 0.25) is 0 Å². The minimum atomic E-state index is 0.786. The molecule has 2 heteroatoms. The van der Waals surface area contributed by atoms with Crippen molar-refractivity contribution in [3.63, 3.8) is 0 Å². The molecule has 1 unspecified atom stereocenters. The third kappa shape index (κ3) is 7.65. The number of unbranched alkanes of at least 4 members (excludes halogenated alkanes) is 7. The average molecular weight is 295 g/mol. The molecule has 1 N–H and O–H groups in total. The van der Waals surface area contributed by atoms with Gasteiger partial charge >= 0.3 is 0 Å². The Balaban J connectivity index is 1.49. The van der Waals surface area contributed by atoms with E-state index in [2.05, 4.69) is 17.1 Å². The van der Waals surface area contributed by atoms with Crippen molar-refractivity contribution in [1.82, 2.24) is 10.2 Å². The highest BCUT2D eigenvalue weighted by molar-refractivity contribution is 4.87. The predicted octanol–water partition coefficient (Wildman–Crippen LogP) is 4.73. The zero-order valence-corrected chi connectivity index (χ0v) is 14.4. The number of hydrogen-bond donors (Lipinski definition) is 1. The van der Waals surface area contributed by atoms with E-state index in [1.807, 2.05) is 0 Å². The SMILES string of the molecule is CCCCCCCCCCN(CC1CCCCN1)C1CC1. The number of piperidine rings is 1. The molecule has 1 aliphatic heterocycles. The first kappa shape index (κ1) is 17.3. The lowest BCUT2D eigenvalue weighted by Crippen LogP contribution is -2.44. The van der Waals surface area contributed by atoms with Crippen LogP contribution in [0.25, 0.3) is 0 Å². The van der Waals surface area contributed by atoms with Crippen molar-refractivity contribution in [3.8, 4) is 0 Å². The zero-order valence-electron chi connectivity index (χ0n) is 14.4. The summed E-state index contributed by atoms with van der Waals surface area (Å²) in [5, 5.41) is 3.72. The number of nitrogens with one attached hydrogen (secondary N) is 1. The Morgan fingerprint density at radius 2 is 1.57 bits per heavy atom. The Morgan fingerprint density at radius 3 is 2.19 bits per heavy atom. The van der Waals surface area contributed by atoms with E-state index in [4.69, 9.17) is 0 Å². The maximum atomic E-state index is 3.72. The van der Waals surface area contributed by atoms with Gasteiger partial charge in [0.15, 0.2) is 0 Å². The average Bonchev–Trinajstić information content (AvgIpc) is 3.34. The largest absolute Gasteiger partial charge is 0.313 e. The van der Waals surface area contributed by atoms with Gasteiger partial charge in [-0.2, -0.15) is 0 Å². The molecule has 21 heavy (non-hydrogen) atoms. The van der Waals surface area contributed by atoms with E-state index in [9.17, 15) is 0 Å². The van der Waals surface area contributed by atoms with Crippen LogP contribution in [0.1, 0.15) is 90.4 Å². The molecule has 0 radical (unpaired) electrons. The second-order valence-corrected chi connectivity index (χ2v) is 7.35. The van der Waals surface area contributed by atoms with Gasteiger partial charge in [-0.1, -0.05) is 58.3 Å². The maximum absolute atomic E-state index is 3.72. The van der Waals surface area contributed by atoms with Crippen molar-refractivity contribution in [2.24, 2.45) is 0 Å². The minimum Gasteiger partial charge on any atom is -0.313 e. The van der Waals surface area contributed by atoms with Crippen LogP contribution in [0.3, 0.4) is 0 Å². The van der Waals surface area contributed by atoms with Gasteiger partial charge in [-0.3, -0.25) is 4.90 Å². The third-order valence-corrected chi connectivity index (χ3v) is 5.23. The third-order valence-electron chi connectivity index (χ3n) is 5.23. The molecule has 124 valence electrons. The summed E-state index contributed by atoms with van der Waals surface area (Å²) in [6.07, 6.45) is 18.7. The molecule has 0 bridgehead atoms. The van der Waals surface area contributed by atoms with Gasteiger partial charge in [0.05, 0.1) is 0 Å². The van der Waals surface area contributed by atoms with Crippen LogP contribution in [0.4, 0.5) is 0 Å². The normalized spacial score (nSPS) is 22.9. The fraction of sp³-hybridized carbons (Fsp3) is 1.00. The van der Waals surface area contributed by atoms with Crippen molar-refractivity contribution < 1.29 is 0 Å². The van der Waals surface area contributed by atoms with Gasteiger partial charge < -0.3 is 5.32 Å². The van der Waals surface area contributed by atoms with Crippen LogP contribution in [-0.2, 0) is 0 Å². The van der Waals surface area contributed by atoms with Gasteiger partial charge in [0.1, 0.15) is 0 Å². The predicted molar refractivity (Wildman–Crippen MR) is 92.8 cm³/mol. The smallest absolute Gasteiger partial charge is 0.0195 e. The van der Waals surface area contributed by atoms with Crippen LogP contribution in [0.5, 0.6) is 0 Å². The number of rotatable bonds is 12. The Kier molecular flexibility index (Phi) is 8.73. The van der Waals surface area contributed by atoms with E-state index in [1.54, 1.807) is 0 Å². The highest BCUT2D eigenvalue weighted by atomic mass is 15.2. The zero-order chi connectivity index (χ0) is 14.8. The summed E-state index contributed by atoms with van der Waals surface area (Å²) in [6, 6.07) is 1.73. The lowest BCUT2D eigenvalue weighted by Gasteiger charge is -2.30. The number of nitrogens with zero attached hydrogens (tertiary/aromatic N) is 1. The first-order chi connectivity index (χ1) is 10.4. The fourth-order valence-corrected chi connectivity index (χ4v) is 3.67. The summed E-state index contributed by atoms with van der Waals surface area (Å²) >= 11 is 0. The summed E-state index contributed by atoms with van der Waals surface area (Å²) in [5.41, 5.74) is 0. The van der Waals surface area contributed by atoms with E-state index in [0.29, 0.717) is 0 Å². The lowest BCUT2D eigenvalue weighted by molar-refractivity contribution is 0.211. The molecule has 0 aromatic heterocycles. The van der Waals surface area contributed by atoms with Crippen molar-refractivity contribution in [1.29, 1.82) is 0 Å². The minimum absolute atomic E-state index is 0.786.